The monoisotopic (exact) mass is 263 g/mol. The molecule has 18 heavy (non-hydrogen) atoms. The van der Waals surface area contributed by atoms with Gasteiger partial charge in [-0.1, -0.05) is 19.3 Å². The van der Waals surface area contributed by atoms with Crippen molar-refractivity contribution in [2.24, 2.45) is 5.41 Å². The van der Waals surface area contributed by atoms with Crippen LogP contribution in [-0.2, 0) is 11.3 Å². The third-order valence-corrected chi connectivity index (χ3v) is 4.55. The lowest BCUT2D eigenvalue weighted by molar-refractivity contribution is -0.129. The predicted octanol–water partition coefficient (Wildman–Crippen LogP) is 2.54. The molecule has 4 nitrogen and oxygen atoms in total. The Morgan fingerprint density at radius 1 is 1.56 bits per heavy atom. The second-order valence-electron chi connectivity index (χ2n) is 4.80. The Morgan fingerprint density at radius 3 is 2.83 bits per heavy atom. The zero-order valence-electron chi connectivity index (χ0n) is 10.5. The van der Waals surface area contributed by atoms with Crippen molar-refractivity contribution < 1.29 is 4.79 Å². The molecule has 1 aliphatic carbocycles. The number of carbonyl (C=O) groups is 1. The summed E-state index contributed by atoms with van der Waals surface area (Å²) in [5.74, 6) is -0.113. The van der Waals surface area contributed by atoms with Gasteiger partial charge in [0.2, 0.25) is 5.91 Å². The lowest BCUT2D eigenvalue weighted by Gasteiger charge is -2.29. The van der Waals surface area contributed by atoms with Crippen molar-refractivity contribution in [3.63, 3.8) is 0 Å². The van der Waals surface area contributed by atoms with Gasteiger partial charge in [0.15, 0.2) is 0 Å². The first-order valence-corrected chi connectivity index (χ1v) is 7.14. The van der Waals surface area contributed by atoms with Crippen molar-refractivity contribution in [3.8, 4) is 6.07 Å². The lowest BCUT2D eigenvalue weighted by Crippen LogP contribution is -2.41. The predicted molar refractivity (Wildman–Crippen MR) is 69.8 cm³/mol. The van der Waals surface area contributed by atoms with Crippen LogP contribution in [0.1, 0.15) is 42.7 Å². The summed E-state index contributed by atoms with van der Waals surface area (Å²) in [4.78, 5) is 17.4. The molecular weight excluding hydrogens is 246 g/mol. The number of hydrogen-bond donors (Lipinski definition) is 1. The fourth-order valence-electron chi connectivity index (χ4n) is 2.37. The summed E-state index contributed by atoms with van der Waals surface area (Å²) >= 11 is 1.54. The number of aryl methyl sites for hydroxylation is 1. The Balaban J connectivity index is 1.99. The second kappa shape index (κ2) is 5.49. The third-order valence-electron chi connectivity index (χ3n) is 3.61. The summed E-state index contributed by atoms with van der Waals surface area (Å²) in [5.41, 5.74) is 1.93. The van der Waals surface area contributed by atoms with E-state index in [4.69, 9.17) is 0 Å². The number of amides is 1. The molecule has 1 N–H and O–H groups in total. The molecule has 0 aromatic carbocycles. The van der Waals surface area contributed by atoms with Crippen molar-refractivity contribution >= 4 is 17.2 Å². The Morgan fingerprint density at radius 2 is 2.28 bits per heavy atom. The van der Waals surface area contributed by atoms with Crippen LogP contribution in [0, 0.1) is 23.7 Å². The minimum Gasteiger partial charge on any atom is -0.350 e. The first-order chi connectivity index (χ1) is 8.68. The average molecular weight is 263 g/mol. The highest BCUT2D eigenvalue weighted by atomic mass is 32.1. The van der Waals surface area contributed by atoms with Gasteiger partial charge in [0.25, 0.3) is 0 Å². The smallest absolute Gasteiger partial charge is 0.240 e. The number of thiazole rings is 1. The molecule has 5 heteroatoms. The second-order valence-corrected chi connectivity index (χ2v) is 5.74. The fraction of sp³-hybridized carbons (Fsp3) is 0.615. The van der Waals surface area contributed by atoms with E-state index in [2.05, 4.69) is 16.4 Å². The van der Waals surface area contributed by atoms with Gasteiger partial charge in [-0.3, -0.25) is 4.79 Å². The van der Waals surface area contributed by atoms with Crippen LogP contribution in [0.15, 0.2) is 5.51 Å². The molecule has 96 valence electrons. The highest BCUT2D eigenvalue weighted by molar-refractivity contribution is 7.09. The Kier molecular flexibility index (Phi) is 3.97. The molecule has 0 unspecified atom stereocenters. The molecule has 0 saturated heterocycles. The summed E-state index contributed by atoms with van der Waals surface area (Å²) in [6, 6.07) is 2.24. The quantitative estimate of drug-likeness (QED) is 0.911. The topological polar surface area (TPSA) is 65.8 Å². The van der Waals surface area contributed by atoms with Gasteiger partial charge in [0.05, 0.1) is 23.8 Å². The largest absolute Gasteiger partial charge is 0.350 e. The van der Waals surface area contributed by atoms with Crippen LogP contribution < -0.4 is 5.32 Å². The normalized spacial score (nSPS) is 18.0. The van der Waals surface area contributed by atoms with E-state index in [9.17, 15) is 10.1 Å². The standard InChI is InChI=1S/C13H17N3OS/c1-10-11(18-9-16-10)7-15-12(17)13(8-14)5-3-2-4-6-13/h9H,2-7H2,1H3,(H,15,17). The molecular formula is C13H17N3OS. The maximum Gasteiger partial charge on any atom is 0.240 e. The first kappa shape index (κ1) is 13.0. The van der Waals surface area contributed by atoms with Gasteiger partial charge in [-0.15, -0.1) is 11.3 Å². The highest BCUT2D eigenvalue weighted by Gasteiger charge is 2.39. The number of aromatic nitrogens is 1. The molecule has 1 fully saturated rings. The Bertz CT molecular complexity index is 469. The molecule has 1 saturated carbocycles. The average Bonchev–Trinajstić information content (AvgIpc) is 2.82. The van der Waals surface area contributed by atoms with Crippen LogP contribution in [-0.4, -0.2) is 10.9 Å². The van der Waals surface area contributed by atoms with E-state index >= 15 is 0 Å². The van der Waals surface area contributed by atoms with Crippen LogP contribution in [0.5, 0.6) is 0 Å². The van der Waals surface area contributed by atoms with Gasteiger partial charge in [-0.05, 0) is 19.8 Å². The molecule has 0 atom stereocenters. The van der Waals surface area contributed by atoms with E-state index in [1.54, 1.807) is 5.51 Å². The molecule has 0 spiro atoms. The molecule has 1 aromatic heterocycles. The van der Waals surface area contributed by atoms with Gasteiger partial charge in [0, 0.05) is 4.88 Å². The zero-order valence-corrected chi connectivity index (χ0v) is 11.3. The number of hydrogen-bond acceptors (Lipinski definition) is 4. The number of nitriles is 1. The molecule has 1 heterocycles. The Hall–Kier alpha value is -1.41. The van der Waals surface area contributed by atoms with Crippen molar-refractivity contribution in [3.05, 3.63) is 16.1 Å². The summed E-state index contributed by atoms with van der Waals surface area (Å²) in [7, 11) is 0. The summed E-state index contributed by atoms with van der Waals surface area (Å²) in [6.45, 7) is 2.41. The molecule has 2 rings (SSSR count). The number of rotatable bonds is 3. The fourth-order valence-corrected chi connectivity index (χ4v) is 3.09. The lowest BCUT2D eigenvalue weighted by atomic mass is 9.74. The van der Waals surface area contributed by atoms with Crippen molar-refractivity contribution in [2.45, 2.75) is 45.6 Å². The molecule has 0 aliphatic heterocycles. The van der Waals surface area contributed by atoms with E-state index in [-0.39, 0.29) is 5.91 Å². The van der Waals surface area contributed by atoms with E-state index in [0.29, 0.717) is 19.4 Å². The van der Waals surface area contributed by atoms with Crippen LogP contribution in [0.25, 0.3) is 0 Å². The SMILES string of the molecule is Cc1ncsc1CNC(=O)C1(C#N)CCCCC1. The summed E-state index contributed by atoms with van der Waals surface area (Å²) in [5, 5.41) is 12.2. The van der Waals surface area contributed by atoms with Crippen molar-refractivity contribution in [1.82, 2.24) is 10.3 Å². The Labute approximate surface area is 111 Å². The molecule has 1 aliphatic rings. The summed E-state index contributed by atoms with van der Waals surface area (Å²) < 4.78 is 0. The maximum atomic E-state index is 12.2. The van der Waals surface area contributed by atoms with Gasteiger partial charge < -0.3 is 5.32 Å². The van der Waals surface area contributed by atoms with Gasteiger partial charge >= 0.3 is 0 Å². The minimum atomic E-state index is -0.795. The number of nitrogens with zero attached hydrogens (tertiary/aromatic N) is 2. The number of nitrogens with one attached hydrogen (secondary N) is 1. The minimum absolute atomic E-state index is 0.113. The van der Waals surface area contributed by atoms with Crippen LogP contribution in [0.3, 0.4) is 0 Å². The highest BCUT2D eigenvalue weighted by Crippen LogP contribution is 2.35. The van der Waals surface area contributed by atoms with E-state index in [1.807, 2.05) is 6.92 Å². The van der Waals surface area contributed by atoms with Crippen LogP contribution in [0.2, 0.25) is 0 Å². The number of carbonyl (C=O) groups excluding carboxylic acids is 1. The van der Waals surface area contributed by atoms with E-state index in [0.717, 1.165) is 29.8 Å². The van der Waals surface area contributed by atoms with Crippen LogP contribution in [0.4, 0.5) is 0 Å². The molecule has 1 amide bonds. The summed E-state index contributed by atoms with van der Waals surface area (Å²) in [6.07, 6.45) is 4.46. The molecule has 0 bridgehead atoms. The third kappa shape index (κ3) is 2.54. The van der Waals surface area contributed by atoms with Crippen molar-refractivity contribution in [2.75, 3.05) is 0 Å². The van der Waals surface area contributed by atoms with Crippen LogP contribution >= 0.6 is 11.3 Å². The van der Waals surface area contributed by atoms with Gasteiger partial charge in [-0.2, -0.15) is 5.26 Å². The first-order valence-electron chi connectivity index (χ1n) is 6.26. The maximum absolute atomic E-state index is 12.2. The van der Waals surface area contributed by atoms with E-state index < -0.39 is 5.41 Å². The molecule has 0 radical (unpaired) electrons. The van der Waals surface area contributed by atoms with Crippen molar-refractivity contribution in [1.29, 1.82) is 5.26 Å². The van der Waals surface area contributed by atoms with Gasteiger partial charge in [0.1, 0.15) is 5.41 Å². The zero-order chi connectivity index (χ0) is 13.0. The van der Waals surface area contributed by atoms with Gasteiger partial charge in [-0.25, -0.2) is 4.98 Å². The molecule has 1 aromatic rings. The van der Waals surface area contributed by atoms with E-state index in [1.165, 1.54) is 11.3 Å².